The summed E-state index contributed by atoms with van der Waals surface area (Å²) in [6, 6.07) is 0. The Morgan fingerprint density at radius 1 is 0.339 bits per heavy atom. The van der Waals surface area contributed by atoms with Crippen LogP contribution in [0.3, 0.4) is 0 Å². The highest BCUT2D eigenvalue weighted by Crippen LogP contribution is 1.99. The summed E-state index contributed by atoms with van der Waals surface area (Å²) < 4.78 is 51.5. The van der Waals surface area contributed by atoms with E-state index in [9.17, 15) is 39.6 Å². The van der Waals surface area contributed by atoms with Gasteiger partial charge in [-0.2, -0.15) is 0 Å². The van der Waals surface area contributed by atoms with Crippen molar-refractivity contribution in [1.82, 2.24) is 19.6 Å². The van der Waals surface area contributed by atoms with Gasteiger partial charge in [0.1, 0.15) is 26.4 Å². The van der Waals surface area contributed by atoms with E-state index in [0.29, 0.717) is 39.4 Å². The lowest BCUT2D eigenvalue weighted by molar-refractivity contribution is -0.140. The molecular weight excluding hydrogens is 824 g/mol. The second-order valence-electron chi connectivity index (χ2n) is 12.4. The zero-order valence-electron chi connectivity index (χ0n) is 36.3. The van der Waals surface area contributed by atoms with Gasteiger partial charge in [-0.25, -0.2) is 19.2 Å². The first-order valence-electron chi connectivity index (χ1n) is 20.3. The monoisotopic (exact) mass is 894 g/mol. The van der Waals surface area contributed by atoms with Gasteiger partial charge in [0.25, 0.3) is 0 Å². The SMILES string of the molecule is COCCOCCOC(=O)/C=C/N(CCO)CCN(/C=C/C(=O)OCCOCCOCCOCCOC(=O)/C=C/N(CCO)CCN(/C=C/C(=O)OCCOC)CCO)CCO. The fourth-order valence-electron chi connectivity index (χ4n) is 4.54. The number of ether oxygens (including phenoxy) is 10. The van der Waals surface area contributed by atoms with Crippen molar-refractivity contribution in [3.8, 4) is 0 Å². The minimum atomic E-state index is -0.598. The van der Waals surface area contributed by atoms with Crippen LogP contribution >= 0.6 is 0 Å². The van der Waals surface area contributed by atoms with Crippen LogP contribution in [0.15, 0.2) is 49.1 Å². The molecule has 0 atom stereocenters. The maximum atomic E-state index is 12.2. The molecule has 0 aliphatic heterocycles. The van der Waals surface area contributed by atoms with Crippen molar-refractivity contribution in [1.29, 1.82) is 0 Å². The zero-order chi connectivity index (χ0) is 45.7. The van der Waals surface area contributed by atoms with Crippen LogP contribution in [0.25, 0.3) is 0 Å². The molecule has 0 saturated heterocycles. The second-order valence-corrected chi connectivity index (χ2v) is 12.4. The number of hydrogen-bond donors (Lipinski definition) is 4. The highest BCUT2D eigenvalue weighted by Gasteiger charge is 2.08. The molecular formula is C40H70N4O18. The highest BCUT2D eigenvalue weighted by atomic mass is 16.6. The van der Waals surface area contributed by atoms with E-state index in [1.54, 1.807) is 26.7 Å². The first-order valence-corrected chi connectivity index (χ1v) is 20.3. The number of hydrogen-bond acceptors (Lipinski definition) is 22. The maximum Gasteiger partial charge on any atom is 0.332 e. The van der Waals surface area contributed by atoms with Crippen molar-refractivity contribution in [2.75, 3.05) is 186 Å². The Morgan fingerprint density at radius 3 is 0.790 bits per heavy atom. The molecule has 0 unspecified atom stereocenters. The van der Waals surface area contributed by atoms with Gasteiger partial charge >= 0.3 is 23.9 Å². The Labute approximate surface area is 364 Å². The van der Waals surface area contributed by atoms with Gasteiger partial charge in [0.2, 0.25) is 0 Å². The molecule has 358 valence electrons. The minimum absolute atomic E-state index is 0.0145. The van der Waals surface area contributed by atoms with Crippen LogP contribution in [0.1, 0.15) is 0 Å². The molecule has 22 nitrogen and oxygen atoms in total. The van der Waals surface area contributed by atoms with Gasteiger partial charge in [-0.1, -0.05) is 0 Å². The van der Waals surface area contributed by atoms with Gasteiger partial charge in [-0.05, 0) is 0 Å². The summed E-state index contributed by atoms with van der Waals surface area (Å²) in [7, 11) is 3.06. The normalized spacial score (nSPS) is 11.5. The molecule has 0 spiro atoms. The van der Waals surface area contributed by atoms with Gasteiger partial charge in [0.05, 0.1) is 92.5 Å². The van der Waals surface area contributed by atoms with Crippen molar-refractivity contribution in [2.24, 2.45) is 0 Å². The van der Waals surface area contributed by atoms with E-state index in [1.165, 1.54) is 56.2 Å². The van der Waals surface area contributed by atoms with Crippen LogP contribution in [0.4, 0.5) is 0 Å². The van der Waals surface area contributed by atoms with Crippen LogP contribution in [-0.2, 0) is 66.5 Å². The number of aliphatic hydroxyl groups excluding tert-OH is 4. The Morgan fingerprint density at radius 2 is 0.548 bits per heavy atom. The Kier molecular flexibility index (Phi) is 40.3. The molecule has 62 heavy (non-hydrogen) atoms. The summed E-state index contributed by atoms with van der Waals surface area (Å²) >= 11 is 0. The third kappa shape index (κ3) is 37.4. The maximum absolute atomic E-state index is 12.2. The second kappa shape index (κ2) is 43.3. The van der Waals surface area contributed by atoms with E-state index in [2.05, 4.69) is 0 Å². The van der Waals surface area contributed by atoms with E-state index in [-0.39, 0.29) is 132 Å². The van der Waals surface area contributed by atoms with E-state index in [4.69, 9.17) is 47.4 Å². The van der Waals surface area contributed by atoms with E-state index in [0.717, 1.165) is 0 Å². The summed E-state index contributed by atoms with van der Waals surface area (Å²) in [6.45, 7) is 4.90. The molecule has 0 fully saturated rings. The summed E-state index contributed by atoms with van der Waals surface area (Å²) in [4.78, 5) is 54.9. The van der Waals surface area contributed by atoms with Crippen LogP contribution in [-0.4, -0.2) is 249 Å². The van der Waals surface area contributed by atoms with Gasteiger partial charge in [0, 0.05) is 116 Å². The van der Waals surface area contributed by atoms with Gasteiger partial charge in [-0.3, -0.25) is 0 Å². The van der Waals surface area contributed by atoms with E-state index >= 15 is 0 Å². The number of rotatable bonds is 43. The molecule has 0 aliphatic rings. The molecule has 22 heteroatoms. The molecule has 0 aliphatic carbocycles. The predicted molar refractivity (Wildman–Crippen MR) is 222 cm³/mol. The van der Waals surface area contributed by atoms with E-state index < -0.39 is 23.9 Å². The molecule has 0 saturated carbocycles. The standard InChI is InChI=1S/C40H70N4O18/c1-53-23-25-55-30-34-60-38(50)4-8-42(16-20-46)13-14-44(18-22-48)10-6-40(52)62-36-32-58-29-27-56-26-28-57-31-35-61-39(51)5-9-43(17-21-47)12-11-41(15-19-45)7-3-37(49)59-33-24-54-2/h3-10,45-48H,11-36H2,1-2H3/b7-3+,8-4+,9-5+,10-6+. The molecule has 0 rings (SSSR count). The fourth-order valence-corrected chi connectivity index (χ4v) is 4.54. The number of esters is 4. The highest BCUT2D eigenvalue weighted by molar-refractivity contribution is 5.82. The summed E-state index contributed by atoms with van der Waals surface area (Å²) in [5, 5.41) is 37.6. The number of carbonyl (C=O) groups excluding carboxylic acids is 4. The summed E-state index contributed by atoms with van der Waals surface area (Å²) in [6.07, 6.45) is 11.0. The van der Waals surface area contributed by atoms with Crippen LogP contribution in [0.2, 0.25) is 0 Å². The molecule has 0 amide bonds. The Hall–Kier alpha value is -4.36. The van der Waals surface area contributed by atoms with Crippen molar-refractivity contribution in [3.63, 3.8) is 0 Å². The third-order valence-electron chi connectivity index (χ3n) is 7.71. The zero-order valence-corrected chi connectivity index (χ0v) is 36.3. The first-order chi connectivity index (χ1) is 30.2. The van der Waals surface area contributed by atoms with Crippen molar-refractivity contribution in [3.05, 3.63) is 49.1 Å². The average Bonchev–Trinajstić information content (AvgIpc) is 3.26. The summed E-state index contributed by atoms with van der Waals surface area (Å²) in [5.74, 6) is -2.30. The van der Waals surface area contributed by atoms with Crippen LogP contribution < -0.4 is 0 Å². The Balaban J connectivity index is 4.21. The lowest BCUT2D eigenvalue weighted by atomic mass is 10.4. The molecule has 0 aromatic rings. The van der Waals surface area contributed by atoms with Crippen molar-refractivity contribution >= 4 is 23.9 Å². The third-order valence-corrected chi connectivity index (χ3v) is 7.71. The van der Waals surface area contributed by atoms with E-state index in [1.807, 2.05) is 0 Å². The van der Waals surface area contributed by atoms with Gasteiger partial charge < -0.3 is 87.4 Å². The average molecular weight is 895 g/mol. The van der Waals surface area contributed by atoms with Crippen molar-refractivity contribution < 1.29 is 87.0 Å². The van der Waals surface area contributed by atoms with Gasteiger partial charge in [0.15, 0.2) is 0 Å². The molecule has 0 radical (unpaired) electrons. The topological polar surface area (TPSA) is 254 Å². The van der Waals surface area contributed by atoms with Crippen molar-refractivity contribution in [2.45, 2.75) is 0 Å². The largest absolute Gasteiger partial charge is 0.460 e. The first kappa shape index (κ1) is 57.6. The number of methoxy groups -OCH3 is 2. The number of nitrogens with zero attached hydrogens (tertiary/aromatic N) is 4. The number of carbonyl (C=O) groups is 4. The lowest BCUT2D eigenvalue weighted by Crippen LogP contribution is -2.33. The molecule has 0 aromatic heterocycles. The quantitative estimate of drug-likeness (QED) is 0.0218. The molecule has 0 aromatic carbocycles. The molecule has 4 N–H and O–H groups in total. The number of aliphatic hydroxyl groups is 4. The fraction of sp³-hybridized carbons (Fsp3) is 0.700. The van der Waals surface area contributed by atoms with Crippen LogP contribution in [0.5, 0.6) is 0 Å². The lowest BCUT2D eigenvalue weighted by Gasteiger charge is -2.25. The molecule has 0 heterocycles. The predicted octanol–water partition coefficient (Wildman–Crippen LogP) is -2.25. The smallest absolute Gasteiger partial charge is 0.332 e. The van der Waals surface area contributed by atoms with Gasteiger partial charge in [-0.15, -0.1) is 0 Å². The Bertz CT molecular complexity index is 1240. The molecule has 0 bridgehead atoms. The minimum Gasteiger partial charge on any atom is -0.460 e. The summed E-state index contributed by atoms with van der Waals surface area (Å²) in [5.41, 5.74) is 0. The van der Waals surface area contributed by atoms with Crippen LogP contribution in [0, 0.1) is 0 Å².